The van der Waals surface area contributed by atoms with Gasteiger partial charge >= 0.3 is 0 Å². The molecule has 44 valence electrons. The SMILES string of the molecule is CCN(S)CCO. The molecule has 0 heterocycles. The summed E-state index contributed by atoms with van der Waals surface area (Å²) in [4.78, 5) is 0. The Balaban J connectivity index is 2.83. The van der Waals surface area contributed by atoms with Crippen molar-refractivity contribution in [3.63, 3.8) is 0 Å². The average Bonchev–Trinajstić information content (AvgIpc) is 1.68. The lowest BCUT2D eigenvalue weighted by Gasteiger charge is -2.07. The predicted octanol–water partition coefficient (Wildman–Crippen LogP) is 0.145. The Kier molecular flexibility index (Phi) is 4.60. The van der Waals surface area contributed by atoms with Crippen molar-refractivity contribution in [2.24, 2.45) is 0 Å². The van der Waals surface area contributed by atoms with E-state index in [0.29, 0.717) is 6.54 Å². The Morgan fingerprint density at radius 3 is 2.43 bits per heavy atom. The van der Waals surface area contributed by atoms with Gasteiger partial charge in [-0.2, -0.15) is 0 Å². The van der Waals surface area contributed by atoms with Crippen molar-refractivity contribution < 1.29 is 5.11 Å². The zero-order valence-electron chi connectivity index (χ0n) is 4.46. The molecule has 0 saturated carbocycles. The van der Waals surface area contributed by atoms with E-state index in [4.69, 9.17) is 5.11 Å². The molecule has 0 aromatic heterocycles. The second kappa shape index (κ2) is 4.43. The third kappa shape index (κ3) is 4.12. The molecule has 0 unspecified atom stereocenters. The second-order valence-electron chi connectivity index (χ2n) is 1.27. The Bertz CT molecular complexity index is 42.7. The number of rotatable bonds is 3. The number of aliphatic hydroxyl groups is 1. The van der Waals surface area contributed by atoms with Crippen LogP contribution in [0.1, 0.15) is 6.92 Å². The lowest BCUT2D eigenvalue weighted by molar-refractivity contribution is 0.266. The maximum Gasteiger partial charge on any atom is 0.0567 e. The monoisotopic (exact) mass is 121 g/mol. The molecule has 0 spiro atoms. The molecule has 0 atom stereocenters. The highest BCUT2D eigenvalue weighted by Crippen LogP contribution is 1.87. The Morgan fingerprint density at radius 1 is 1.71 bits per heavy atom. The van der Waals surface area contributed by atoms with Crippen LogP contribution in [0.2, 0.25) is 0 Å². The van der Waals surface area contributed by atoms with Crippen LogP contribution < -0.4 is 0 Å². The minimum absolute atomic E-state index is 0.192. The molecular weight excluding hydrogens is 110 g/mol. The number of aliphatic hydroxyl groups excluding tert-OH is 1. The molecule has 0 aliphatic heterocycles. The molecule has 0 aliphatic carbocycles. The van der Waals surface area contributed by atoms with E-state index in [1.54, 1.807) is 4.31 Å². The zero-order valence-corrected chi connectivity index (χ0v) is 5.36. The number of hydrogen-bond acceptors (Lipinski definition) is 3. The first-order chi connectivity index (χ1) is 3.31. The second-order valence-corrected chi connectivity index (χ2v) is 1.84. The quantitative estimate of drug-likeness (QED) is 0.519. The van der Waals surface area contributed by atoms with Crippen molar-refractivity contribution in [2.75, 3.05) is 19.7 Å². The third-order valence-corrected chi connectivity index (χ3v) is 1.21. The summed E-state index contributed by atoms with van der Waals surface area (Å²) >= 11 is 3.98. The molecule has 3 heteroatoms. The van der Waals surface area contributed by atoms with Gasteiger partial charge in [-0.05, 0) is 0 Å². The fourth-order valence-corrected chi connectivity index (χ4v) is 0.363. The molecule has 0 fully saturated rings. The van der Waals surface area contributed by atoms with E-state index in [9.17, 15) is 0 Å². The van der Waals surface area contributed by atoms with Gasteiger partial charge in [0.1, 0.15) is 0 Å². The first-order valence-corrected chi connectivity index (χ1v) is 2.76. The van der Waals surface area contributed by atoms with Crippen molar-refractivity contribution in [1.29, 1.82) is 0 Å². The van der Waals surface area contributed by atoms with Gasteiger partial charge in [-0.25, -0.2) is 0 Å². The summed E-state index contributed by atoms with van der Waals surface area (Å²) in [5.74, 6) is 0. The van der Waals surface area contributed by atoms with Crippen LogP contribution in [0.25, 0.3) is 0 Å². The smallest absolute Gasteiger partial charge is 0.0567 e. The first-order valence-electron chi connectivity index (χ1n) is 2.36. The number of likely N-dealkylation sites (N-methyl/N-ethyl adjacent to an activating group) is 1. The van der Waals surface area contributed by atoms with E-state index in [1.165, 1.54) is 0 Å². The maximum absolute atomic E-state index is 8.28. The summed E-state index contributed by atoms with van der Waals surface area (Å²) in [7, 11) is 0. The van der Waals surface area contributed by atoms with E-state index in [1.807, 2.05) is 6.92 Å². The molecule has 0 bridgehead atoms. The lowest BCUT2D eigenvalue weighted by atomic mass is 10.6. The number of nitrogens with zero attached hydrogens (tertiary/aromatic N) is 1. The summed E-state index contributed by atoms with van der Waals surface area (Å²) in [5, 5.41) is 8.28. The fraction of sp³-hybridized carbons (Fsp3) is 1.00. The standard InChI is InChI=1S/C4H11NOS/c1-2-5(7)3-4-6/h6-7H,2-4H2,1H3. The minimum atomic E-state index is 0.192. The largest absolute Gasteiger partial charge is 0.395 e. The normalized spacial score (nSPS) is 10.3. The van der Waals surface area contributed by atoms with Crippen LogP contribution in [-0.4, -0.2) is 29.1 Å². The molecule has 7 heavy (non-hydrogen) atoms. The van der Waals surface area contributed by atoms with Crippen LogP contribution in [0.15, 0.2) is 0 Å². The van der Waals surface area contributed by atoms with Crippen LogP contribution in [0.5, 0.6) is 0 Å². The molecule has 1 N–H and O–H groups in total. The van der Waals surface area contributed by atoms with Crippen molar-refractivity contribution in [3.8, 4) is 0 Å². The summed E-state index contributed by atoms with van der Waals surface area (Å²) in [6.07, 6.45) is 0. The summed E-state index contributed by atoms with van der Waals surface area (Å²) in [6.45, 7) is 3.71. The van der Waals surface area contributed by atoms with Gasteiger partial charge in [-0.15, -0.1) is 0 Å². The van der Waals surface area contributed by atoms with Crippen molar-refractivity contribution in [3.05, 3.63) is 0 Å². The van der Waals surface area contributed by atoms with E-state index in [-0.39, 0.29) is 6.61 Å². The lowest BCUT2D eigenvalue weighted by Crippen LogP contribution is -2.15. The number of thiol groups is 1. The molecule has 0 radical (unpaired) electrons. The topological polar surface area (TPSA) is 23.5 Å². The molecule has 2 nitrogen and oxygen atoms in total. The van der Waals surface area contributed by atoms with E-state index in [0.717, 1.165) is 6.54 Å². The average molecular weight is 121 g/mol. The minimum Gasteiger partial charge on any atom is -0.395 e. The highest BCUT2D eigenvalue weighted by molar-refractivity contribution is 7.77. The van der Waals surface area contributed by atoms with Gasteiger partial charge in [-0.1, -0.05) is 19.7 Å². The van der Waals surface area contributed by atoms with E-state index < -0.39 is 0 Å². The van der Waals surface area contributed by atoms with Gasteiger partial charge in [-0.3, -0.25) is 4.31 Å². The van der Waals surface area contributed by atoms with Gasteiger partial charge in [0.2, 0.25) is 0 Å². The molecule has 0 aliphatic rings. The number of hydrogen-bond donors (Lipinski definition) is 2. The Hall–Kier alpha value is 0.270. The summed E-state index contributed by atoms with van der Waals surface area (Å²) in [5.41, 5.74) is 0. The summed E-state index contributed by atoms with van der Waals surface area (Å²) < 4.78 is 1.75. The molecule has 0 saturated heterocycles. The van der Waals surface area contributed by atoms with Gasteiger partial charge < -0.3 is 5.11 Å². The van der Waals surface area contributed by atoms with Crippen molar-refractivity contribution >= 4 is 12.8 Å². The zero-order chi connectivity index (χ0) is 5.70. The Morgan fingerprint density at radius 2 is 2.29 bits per heavy atom. The Labute approximate surface area is 49.7 Å². The van der Waals surface area contributed by atoms with Crippen LogP contribution in [0, 0.1) is 0 Å². The summed E-state index contributed by atoms with van der Waals surface area (Å²) in [6, 6.07) is 0. The molecular formula is C4H11NOS. The van der Waals surface area contributed by atoms with E-state index in [2.05, 4.69) is 12.8 Å². The van der Waals surface area contributed by atoms with Gasteiger partial charge in [0.05, 0.1) is 6.61 Å². The third-order valence-electron chi connectivity index (χ3n) is 0.723. The molecule has 0 rings (SSSR count). The highest BCUT2D eigenvalue weighted by Gasteiger charge is 1.88. The first kappa shape index (κ1) is 7.27. The van der Waals surface area contributed by atoms with Crippen LogP contribution in [0.3, 0.4) is 0 Å². The maximum atomic E-state index is 8.28. The molecule has 0 aromatic rings. The van der Waals surface area contributed by atoms with Crippen LogP contribution in [-0.2, 0) is 0 Å². The fourth-order valence-electron chi connectivity index (χ4n) is 0.274. The highest BCUT2D eigenvalue weighted by atomic mass is 32.1. The van der Waals surface area contributed by atoms with Gasteiger partial charge in [0.15, 0.2) is 0 Å². The van der Waals surface area contributed by atoms with Crippen molar-refractivity contribution in [1.82, 2.24) is 4.31 Å². The van der Waals surface area contributed by atoms with Crippen molar-refractivity contribution in [2.45, 2.75) is 6.92 Å². The van der Waals surface area contributed by atoms with Crippen LogP contribution >= 0.6 is 12.8 Å². The van der Waals surface area contributed by atoms with Crippen LogP contribution in [0.4, 0.5) is 0 Å². The predicted molar refractivity (Wildman–Crippen MR) is 33.3 cm³/mol. The molecule has 0 amide bonds. The van der Waals surface area contributed by atoms with Gasteiger partial charge in [0.25, 0.3) is 0 Å². The van der Waals surface area contributed by atoms with Gasteiger partial charge in [0, 0.05) is 13.1 Å². The molecule has 0 aromatic carbocycles. The van der Waals surface area contributed by atoms with E-state index >= 15 is 0 Å².